The van der Waals surface area contributed by atoms with E-state index < -0.39 is 6.10 Å². The van der Waals surface area contributed by atoms with Crippen LogP contribution in [-0.2, 0) is 0 Å². The summed E-state index contributed by atoms with van der Waals surface area (Å²) in [6.07, 6.45) is 0.917. The summed E-state index contributed by atoms with van der Waals surface area (Å²) in [6, 6.07) is 9.12. The topological polar surface area (TPSA) is 42.4 Å². The lowest BCUT2D eigenvalue weighted by atomic mass is 10.2. The largest absolute Gasteiger partial charge is 0.456 e. The Morgan fingerprint density at radius 2 is 1.76 bits per heavy atom. The van der Waals surface area contributed by atoms with Gasteiger partial charge in [-0.15, -0.1) is 0 Å². The van der Waals surface area contributed by atoms with E-state index >= 15 is 0 Å². The van der Waals surface area contributed by atoms with Crippen LogP contribution < -0.4 is 4.74 Å². The van der Waals surface area contributed by atoms with Gasteiger partial charge in [-0.1, -0.05) is 0 Å². The number of aliphatic hydroxyl groups excluding tert-OH is 1. The average molecular weight is 233 g/mol. The maximum absolute atomic E-state index is 12.7. The van der Waals surface area contributed by atoms with Crippen molar-refractivity contribution in [2.75, 3.05) is 0 Å². The molecule has 0 unspecified atom stereocenters. The predicted molar refractivity (Wildman–Crippen MR) is 61.3 cm³/mol. The lowest BCUT2D eigenvalue weighted by molar-refractivity contribution is 0.194. The Morgan fingerprint density at radius 3 is 2.29 bits per heavy atom. The summed E-state index contributed by atoms with van der Waals surface area (Å²) in [5.41, 5.74) is 0.580. The molecule has 0 saturated heterocycles. The van der Waals surface area contributed by atoms with Crippen LogP contribution in [0.15, 0.2) is 42.6 Å². The molecule has 88 valence electrons. The van der Waals surface area contributed by atoms with E-state index in [9.17, 15) is 9.50 Å². The smallest absolute Gasteiger partial charge is 0.145 e. The zero-order valence-electron chi connectivity index (χ0n) is 9.30. The quantitative estimate of drug-likeness (QED) is 0.885. The second-order valence-electron chi connectivity index (χ2n) is 3.65. The monoisotopic (exact) mass is 233 g/mol. The Labute approximate surface area is 98.5 Å². The normalized spacial score (nSPS) is 12.2. The number of nitrogens with zero attached hydrogens (tertiary/aromatic N) is 1. The van der Waals surface area contributed by atoms with Gasteiger partial charge in [0, 0.05) is 0 Å². The molecule has 4 heteroatoms. The zero-order valence-corrected chi connectivity index (χ0v) is 9.30. The van der Waals surface area contributed by atoms with Crippen LogP contribution in [0.1, 0.15) is 18.7 Å². The number of pyridine rings is 1. The molecule has 0 spiro atoms. The van der Waals surface area contributed by atoms with Crippen LogP contribution >= 0.6 is 0 Å². The van der Waals surface area contributed by atoms with E-state index in [2.05, 4.69) is 4.98 Å². The SMILES string of the molecule is C[C@H](O)c1ccc(Oc2ccc(F)cc2)cn1. The Kier molecular flexibility index (Phi) is 3.35. The standard InChI is InChI=1S/C13H12FNO2/c1-9(16)13-7-6-12(8-15-13)17-11-4-2-10(14)3-5-11/h2-9,16H,1H3/t9-/m0/s1. The van der Waals surface area contributed by atoms with E-state index in [1.807, 2.05) is 0 Å². The van der Waals surface area contributed by atoms with E-state index in [4.69, 9.17) is 4.74 Å². The maximum atomic E-state index is 12.7. The average Bonchev–Trinajstić information content (AvgIpc) is 2.33. The molecule has 0 bridgehead atoms. The van der Waals surface area contributed by atoms with Gasteiger partial charge in [0.1, 0.15) is 17.3 Å². The highest BCUT2D eigenvalue weighted by Gasteiger charge is 2.03. The van der Waals surface area contributed by atoms with Crippen molar-refractivity contribution in [3.8, 4) is 11.5 Å². The van der Waals surface area contributed by atoms with Crippen molar-refractivity contribution in [2.45, 2.75) is 13.0 Å². The Morgan fingerprint density at radius 1 is 1.12 bits per heavy atom. The molecule has 1 atom stereocenters. The summed E-state index contributed by atoms with van der Waals surface area (Å²) in [5, 5.41) is 9.29. The number of rotatable bonds is 3. The lowest BCUT2D eigenvalue weighted by Gasteiger charge is -2.07. The summed E-state index contributed by atoms with van der Waals surface area (Å²) in [5.74, 6) is 0.777. The molecular formula is C13H12FNO2. The van der Waals surface area contributed by atoms with Crippen molar-refractivity contribution < 1.29 is 14.2 Å². The molecule has 1 aromatic carbocycles. The van der Waals surface area contributed by atoms with Gasteiger partial charge in [0.15, 0.2) is 0 Å². The third kappa shape index (κ3) is 3.01. The highest BCUT2D eigenvalue weighted by atomic mass is 19.1. The van der Waals surface area contributed by atoms with Gasteiger partial charge < -0.3 is 9.84 Å². The molecule has 0 amide bonds. The van der Waals surface area contributed by atoms with Gasteiger partial charge in [0.25, 0.3) is 0 Å². The Bertz CT molecular complexity index is 480. The summed E-state index contributed by atoms with van der Waals surface area (Å²) in [4.78, 5) is 4.04. The van der Waals surface area contributed by atoms with Gasteiger partial charge in [-0.25, -0.2) is 4.39 Å². The van der Waals surface area contributed by atoms with Crippen molar-refractivity contribution in [2.24, 2.45) is 0 Å². The van der Waals surface area contributed by atoms with Gasteiger partial charge in [-0.2, -0.15) is 0 Å². The first-order valence-corrected chi connectivity index (χ1v) is 5.22. The van der Waals surface area contributed by atoms with Crippen LogP contribution in [0.25, 0.3) is 0 Å². The first-order valence-electron chi connectivity index (χ1n) is 5.22. The van der Waals surface area contributed by atoms with Gasteiger partial charge >= 0.3 is 0 Å². The molecule has 17 heavy (non-hydrogen) atoms. The summed E-state index contributed by atoms with van der Waals surface area (Å²) in [6.45, 7) is 1.64. The number of hydrogen-bond donors (Lipinski definition) is 1. The number of aromatic nitrogens is 1. The molecule has 0 saturated carbocycles. The van der Waals surface area contributed by atoms with Crippen LogP contribution in [0, 0.1) is 5.82 Å². The number of halogens is 1. The van der Waals surface area contributed by atoms with Gasteiger partial charge in [0.2, 0.25) is 0 Å². The number of ether oxygens (including phenoxy) is 1. The minimum atomic E-state index is -0.602. The van der Waals surface area contributed by atoms with Gasteiger partial charge in [-0.05, 0) is 43.3 Å². The lowest BCUT2D eigenvalue weighted by Crippen LogP contribution is -1.95. The third-order valence-corrected chi connectivity index (χ3v) is 2.24. The first kappa shape index (κ1) is 11.5. The molecule has 1 heterocycles. The van der Waals surface area contributed by atoms with Crippen molar-refractivity contribution in [3.63, 3.8) is 0 Å². The predicted octanol–water partition coefficient (Wildman–Crippen LogP) is 3.07. The Hall–Kier alpha value is -1.94. The van der Waals surface area contributed by atoms with Gasteiger partial charge in [-0.3, -0.25) is 4.98 Å². The fourth-order valence-electron chi connectivity index (χ4n) is 1.34. The summed E-state index contributed by atoms with van der Waals surface area (Å²) in [7, 11) is 0. The molecule has 1 N–H and O–H groups in total. The van der Waals surface area contributed by atoms with Crippen molar-refractivity contribution in [1.29, 1.82) is 0 Å². The molecule has 0 aliphatic carbocycles. The number of benzene rings is 1. The molecular weight excluding hydrogens is 221 g/mol. The minimum Gasteiger partial charge on any atom is -0.456 e. The van der Waals surface area contributed by atoms with Crippen LogP contribution in [0.2, 0.25) is 0 Å². The second-order valence-corrected chi connectivity index (χ2v) is 3.65. The fourth-order valence-corrected chi connectivity index (χ4v) is 1.34. The van der Waals surface area contributed by atoms with Crippen molar-refractivity contribution >= 4 is 0 Å². The van der Waals surface area contributed by atoms with E-state index in [1.165, 1.54) is 30.5 Å². The molecule has 0 aliphatic heterocycles. The number of aliphatic hydroxyl groups is 1. The van der Waals surface area contributed by atoms with E-state index in [0.717, 1.165) is 0 Å². The molecule has 0 aliphatic rings. The van der Waals surface area contributed by atoms with Crippen molar-refractivity contribution in [1.82, 2.24) is 4.98 Å². The highest BCUT2D eigenvalue weighted by Crippen LogP contribution is 2.21. The summed E-state index contributed by atoms with van der Waals surface area (Å²) >= 11 is 0. The molecule has 3 nitrogen and oxygen atoms in total. The van der Waals surface area contributed by atoms with E-state index in [1.54, 1.807) is 19.1 Å². The Balaban J connectivity index is 2.11. The fraction of sp³-hybridized carbons (Fsp3) is 0.154. The van der Waals surface area contributed by atoms with Gasteiger partial charge in [0.05, 0.1) is 18.0 Å². The molecule has 0 radical (unpaired) electrons. The van der Waals surface area contributed by atoms with Crippen molar-refractivity contribution in [3.05, 3.63) is 54.1 Å². The minimum absolute atomic E-state index is 0.306. The molecule has 2 aromatic rings. The molecule has 2 rings (SSSR count). The van der Waals surface area contributed by atoms with E-state index in [0.29, 0.717) is 17.2 Å². The zero-order chi connectivity index (χ0) is 12.3. The number of hydrogen-bond acceptors (Lipinski definition) is 3. The van der Waals surface area contributed by atoms with Crippen LogP contribution in [0.5, 0.6) is 11.5 Å². The third-order valence-electron chi connectivity index (χ3n) is 2.24. The van der Waals surface area contributed by atoms with E-state index in [-0.39, 0.29) is 5.82 Å². The van der Waals surface area contributed by atoms with Crippen LogP contribution in [0.3, 0.4) is 0 Å². The highest BCUT2D eigenvalue weighted by molar-refractivity contribution is 5.30. The van der Waals surface area contributed by atoms with Crippen LogP contribution in [-0.4, -0.2) is 10.1 Å². The first-order chi connectivity index (χ1) is 8.15. The molecule has 0 fully saturated rings. The second kappa shape index (κ2) is 4.93. The summed E-state index contributed by atoms with van der Waals surface area (Å²) < 4.78 is 18.1. The maximum Gasteiger partial charge on any atom is 0.145 e. The molecule has 1 aromatic heterocycles. The van der Waals surface area contributed by atoms with Crippen LogP contribution in [0.4, 0.5) is 4.39 Å².